The van der Waals surface area contributed by atoms with Gasteiger partial charge in [0.1, 0.15) is 17.1 Å². The molecule has 2 atom stereocenters. The molecule has 0 aromatic heterocycles. The van der Waals surface area contributed by atoms with Gasteiger partial charge in [-0.2, -0.15) is 0 Å². The Balaban J connectivity index is 1.53. The second kappa shape index (κ2) is 8.30. The van der Waals surface area contributed by atoms with Gasteiger partial charge in [0.05, 0.1) is 6.10 Å². The third-order valence-electron chi connectivity index (χ3n) is 6.07. The summed E-state index contributed by atoms with van der Waals surface area (Å²) in [5.74, 6) is 0.0982. The molecular weight excluding hydrogens is 397 g/mol. The average molecular weight is 426 g/mol. The maximum Gasteiger partial charge on any atom is 0.329 e. The molecule has 0 radical (unpaired) electrons. The van der Waals surface area contributed by atoms with Gasteiger partial charge in [-0.3, -0.25) is 19.9 Å². The first-order valence-corrected chi connectivity index (χ1v) is 10.7. The van der Waals surface area contributed by atoms with E-state index in [1.54, 1.807) is 12.1 Å². The Morgan fingerprint density at radius 1 is 1.19 bits per heavy atom. The molecular formula is C24H28FN3O3. The number of urea groups is 1. The van der Waals surface area contributed by atoms with Crippen molar-refractivity contribution < 1.29 is 18.7 Å². The van der Waals surface area contributed by atoms with Crippen molar-refractivity contribution in [2.75, 3.05) is 11.4 Å². The summed E-state index contributed by atoms with van der Waals surface area (Å²) in [6.07, 6.45) is 1.06. The number of piperidine rings is 1. The van der Waals surface area contributed by atoms with Crippen LogP contribution in [0.5, 0.6) is 5.75 Å². The highest BCUT2D eigenvalue weighted by Gasteiger charge is 2.56. The van der Waals surface area contributed by atoms with Crippen molar-refractivity contribution in [3.8, 4) is 5.75 Å². The number of nitrogens with one attached hydrogen (secondary N) is 1. The van der Waals surface area contributed by atoms with Crippen LogP contribution in [0.4, 0.5) is 14.9 Å². The van der Waals surface area contributed by atoms with Gasteiger partial charge >= 0.3 is 6.03 Å². The van der Waals surface area contributed by atoms with Crippen LogP contribution in [0.2, 0.25) is 0 Å². The fraction of sp³-hybridized carbons (Fsp3) is 0.417. The van der Waals surface area contributed by atoms with Crippen molar-refractivity contribution in [2.24, 2.45) is 0 Å². The standard InChI is InChI=1S/C24H28FN3O3/c1-16(2)31-21-9-4-6-18(12-21)15-27-11-10-24(14-17(27)3)22(29)26-23(30)28(24)20-8-5-7-19(25)13-20/h4-9,12-13,16-17H,10-11,14-15H2,1-3H3,(H,26,29,30)/t17-,24?/m0/s1. The molecule has 0 saturated carbocycles. The maximum absolute atomic E-state index is 13.8. The third kappa shape index (κ3) is 4.14. The Morgan fingerprint density at radius 2 is 1.97 bits per heavy atom. The molecule has 2 aromatic rings. The van der Waals surface area contributed by atoms with Gasteiger partial charge < -0.3 is 4.74 Å². The lowest BCUT2D eigenvalue weighted by Gasteiger charge is -2.45. The third-order valence-corrected chi connectivity index (χ3v) is 6.07. The molecule has 2 heterocycles. The number of likely N-dealkylation sites (tertiary alicyclic amines) is 1. The predicted octanol–water partition coefficient (Wildman–Crippen LogP) is 4.09. The maximum atomic E-state index is 13.8. The van der Waals surface area contributed by atoms with Gasteiger partial charge in [-0.05, 0) is 69.5 Å². The Morgan fingerprint density at radius 3 is 2.68 bits per heavy atom. The topological polar surface area (TPSA) is 61.9 Å². The molecule has 6 nitrogen and oxygen atoms in total. The van der Waals surface area contributed by atoms with E-state index in [-0.39, 0.29) is 18.1 Å². The molecule has 2 fully saturated rings. The lowest BCUT2D eigenvalue weighted by Crippen LogP contribution is -2.59. The summed E-state index contributed by atoms with van der Waals surface area (Å²) < 4.78 is 19.6. The minimum Gasteiger partial charge on any atom is -0.491 e. The number of nitrogens with zero attached hydrogens (tertiary/aromatic N) is 2. The molecule has 1 unspecified atom stereocenters. The van der Waals surface area contributed by atoms with Crippen LogP contribution >= 0.6 is 0 Å². The van der Waals surface area contributed by atoms with Gasteiger partial charge in [-0.15, -0.1) is 0 Å². The number of rotatable bonds is 5. The number of benzene rings is 2. The van der Waals surface area contributed by atoms with Crippen molar-refractivity contribution in [1.29, 1.82) is 0 Å². The van der Waals surface area contributed by atoms with E-state index in [9.17, 15) is 14.0 Å². The lowest BCUT2D eigenvalue weighted by molar-refractivity contribution is -0.125. The largest absolute Gasteiger partial charge is 0.491 e. The van der Waals surface area contributed by atoms with Crippen molar-refractivity contribution in [3.63, 3.8) is 0 Å². The molecule has 1 spiro atoms. The molecule has 4 rings (SSSR count). The molecule has 2 saturated heterocycles. The van der Waals surface area contributed by atoms with E-state index in [4.69, 9.17) is 4.74 Å². The van der Waals surface area contributed by atoms with E-state index in [1.807, 2.05) is 32.0 Å². The van der Waals surface area contributed by atoms with Gasteiger partial charge in [0.15, 0.2) is 0 Å². The van der Waals surface area contributed by atoms with E-state index >= 15 is 0 Å². The van der Waals surface area contributed by atoms with Gasteiger partial charge in [-0.25, -0.2) is 9.18 Å². The zero-order valence-corrected chi connectivity index (χ0v) is 18.1. The Hall–Kier alpha value is -2.93. The zero-order valence-electron chi connectivity index (χ0n) is 18.1. The van der Waals surface area contributed by atoms with E-state index in [2.05, 4.69) is 23.2 Å². The summed E-state index contributed by atoms with van der Waals surface area (Å²) in [5.41, 5.74) is 0.543. The number of hydrogen-bond acceptors (Lipinski definition) is 4. The molecule has 2 aliphatic rings. The smallest absolute Gasteiger partial charge is 0.329 e. The van der Waals surface area contributed by atoms with Gasteiger partial charge in [0.25, 0.3) is 5.91 Å². The van der Waals surface area contributed by atoms with Crippen LogP contribution in [-0.4, -0.2) is 41.1 Å². The number of anilines is 1. The fourth-order valence-corrected chi connectivity index (χ4v) is 4.68. The summed E-state index contributed by atoms with van der Waals surface area (Å²) in [7, 11) is 0. The molecule has 2 aliphatic heterocycles. The van der Waals surface area contributed by atoms with Crippen molar-refractivity contribution >= 4 is 17.6 Å². The Labute approximate surface area is 182 Å². The fourth-order valence-electron chi connectivity index (χ4n) is 4.68. The summed E-state index contributed by atoms with van der Waals surface area (Å²) in [5, 5.41) is 2.45. The lowest BCUT2D eigenvalue weighted by atomic mass is 9.81. The van der Waals surface area contributed by atoms with Crippen molar-refractivity contribution in [1.82, 2.24) is 10.2 Å². The summed E-state index contributed by atoms with van der Waals surface area (Å²) in [6.45, 7) is 7.43. The Bertz CT molecular complexity index is 996. The average Bonchev–Trinajstić information content (AvgIpc) is 2.93. The normalized spacial score (nSPS) is 24.2. The Kier molecular flexibility index (Phi) is 5.71. The van der Waals surface area contributed by atoms with Crippen LogP contribution in [0, 0.1) is 5.82 Å². The second-order valence-electron chi connectivity index (χ2n) is 8.69. The van der Waals surface area contributed by atoms with Crippen LogP contribution in [0.15, 0.2) is 48.5 Å². The molecule has 2 aromatic carbocycles. The second-order valence-corrected chi connectivity index (χ2v) is 8.69. The van der Waals surface area contributed by atoms with Gasteiger partial charge in [0.2, 0.25) is 0 Å². The number of carbonyl (C=O) groups excluding carboxylic acids is 2. The summed E-state index contributed by atoms with van der Waals surface area (Å²) in [6, 6.07) is 13.5. The zero-order chi connectivity index (χ0) is 22.2. The quantitative estimate of drug-likeness (QED) is 0.733. The number of halogens is 1. The highest BCUT2D eigenvalue weighted by molar-refractivity contribution is 6.17. The highest BCUT2D eigenvalue weighted by atomic mass is 19.1. The van der Waals surface area contributed by atoms with E-state index in [0.29, 0.717) is 25.1 Å². The molecule has 7 heteroatoms. The molecule has 3 amide bonds. The van der Waals surface area contributed by atoms with E-state index in [0.717, 1.165) is 17.9 Å². The van der Waals surface area contributed by atoms with Crippen LogP contribution in [0.1, 0.15) is 39.2 Å². The number of imide groups is 1. The first-order chi connectivity index (χ1) is 14.8. The minimum atomic E-state index is -0.997. The SMILES string of the molecule is CC(C)Oc1cccc(CN2CCC3(C[C@@H]2C)C(=O)NC(=O)N3c2cccc(F)c2)c1. The van der Waals surface area contributed by atoms with Crippen LogP contribution in [-0.2, 0) is 11.3 Å². The first kappa shape index (κ1) is 21.3. The summed E-state index contributed by atoms with van der Waals surface area (Å²) in [4.78, 5) is 29.3. The van der Waals surface area contributed by atoms with Crippen molar-refractivity contribution in [2.45, 2.75) is 57.8 Å². The highest BCUT2D eigenvalue weighted by Crippen LogP contribution is 2.39. The molecule has 31 heavy (non-hydrogen) atoms. The van der Waals surface area contributed by atoms with Crippen molar-refractivity contribution in [3.05, 3.63) is 59.9 Å². The number of ether oxygens (including phenoxy) is 1. The van der Waals surface area contributed by atoms with E-state index < -0.39 is 17.4 Å². The monoisotopic (exact) mass is 425 g/mol. The number of carbonyl (C=O) groups is 2. The van der Waals surface area contributed by atoms with Crippen LogP contribution in [0.25, 0.3) is 0 Å². The predicted molar refractivity (Wildman–Crippen MR) is 116 cm³/mol. The van der Waals surface area contributed by atoms with Gasteiger partial charge in [0, 0.05) is 24.8 Å². The van der Waals surface area contributed by atoms with Crippen LogP contribution < -0.4 is 15.0 Å². The first-order valence-electron chi connectivity index (χ1n) is 10.7. The van der Waals surface area contributed by atoms with Gasteiger partial charge in [-0.1, -0.05) is 18.2 Å². The summed E-state index contributed by atoms with van der Waals surface area (Å²) >= 11 is 0. The molecule has 0 aliphatic carbocycles. The molecule has 1 N–H and O–H groups in total. The molecule has 164 valence electrons. The van der Waals surface area contributed by atoms with Crippen LogP contribution in [0.3, 0.4) is 0 Å². The van der Waals surface area contributed by atoms with E-state index in [1.165, 1.54) is 17.0 Å². The number of amides is 3. The number of hydrogen-bond donors (Lipinski definition) is 1. The molecule has 0 bridgehead atoms. The minimum absolute atomic E-state index is 0.0520.